The van der Waals surface area contributed by atoms with Crippen LogP contribution >= 0.6 is 0 Å². The van der Waals surface area contributed by atoms with E-state index in [4.69, 9.17) is 10.5 Å². The monoisotopic (exact) mass is 365 g/mol. The second-order valence-electron chi connectivity index (χ2n) is 6.59. The number of aryl methyl sites for hydroxylation is 2. The second-order valence-corrected chi connectivity index (χ2v) is 6.59. The number of hydrogen-bond donors (Lipinski definition) is 1. The molecule has 0 amide bonds. The maximum Gasteiger partial charge on any atom is 0.389 e. The molecule has 0 aliphatic rings. The molecule has 2 aromatic carbocycles. The summed E-state index contributed by atoms with van der Waals surface area (Å²) in [6.45, 7) is 2.68. The lowest BCUT2D eigenvalue weighted by Gasteiger charge is -2.16. The summed E-state index contributed by atoms with van der Waals surface area (Å²) in [4.78, 5) is 0. The van der Waals surface area contributed by atoms with E-state index in [-0.39, 0.29) is 18.9 Å². The summed E-state index contributed by atoms with van der Waals surface area (Å²) in [5, 5.41) is 0. The number of nitrogens with two attached hydrogens (primary N) is 1. The molecule has 0 fully saturated rings. The summed E-state index contributed by atoms with van der Waals surface area (Å²) in [7, 11) is 0. The van der Waals surface area contributed by atoms with E-state index < -0.39 is 12.6 Å². The van der Waals surface area contributed by atoms with Crippen LogP contribution in [0.15, 0.2) is 48.5 Å². The third-order valence-corrected chi connectivity index (χ3v) is 4.41. The lowest BCUT2D eigenvalue weighted by atomic mass is 9.92. The van der Waals surface area contributed by atoms with Gasteiger partial charge in [-0.3, -0.25) is 0 Å². The molecule has 5 heteroatoms. The third kappa shape index (κ3) is 7.08. The van der Waals surface area contributed by atoms with Gasteiger partial charge in [0.05, 0.1) is 6.61 Å². The van der Waals surface area contributed by atoms with E-state index in [1.807, 2.05) is 12.1 Å². The molecule has 0 saturated heterocycles. The van der Waals surface area contributed by atoms with Gasteiger partial charge >= 0.3 is 6.18 Å². The lowest BCUT2D eigenvalue weighted by Crippen LogP contribution is -2.13. The van der Waals surface area contributed by atoms with Crippen molar-refractivity contribution >= 4 is 0 Å². The van der Waals surface area contributed by atoms with Crippen molar-refractivity contribution in [2.75, 3.05) is 13.2 Å². The first-order valence-electron chi connectivity index (χ1n) is 8.92. The van der Waals surface area contributed by atoms with Crippen molar-refractivity contribution in [3.8, 4) is 5.75 Å². The van der Waals surface area contributed by atoms with Gasteiger partial charge in [-0.15, -0.1) is 0 Å². The van der Waals surface area contributed by atoms with Gasteiger partial charge in [-0.25, -0.2) is 0 Å². The van der Waals surface area contributed by atoms with Gasteiger partial charge in [-0.1, -0.05) is 42.0 Å². The molecule has 0 aliphatic carbocycles. The van der Waals surface area contributed by atoms with Gasteiger partial charge in [0, 0.05) is 6.42 Å². The molecular formula is C21H26F3NO. The Morgan fingerprint density at radius 1 is 1.00 bits per heavy atom. The molecule has 1 atom stereocenters. The first-order valence-corrected chi connectivity index (χ1v) is 8.92. The lowest BCUT2D eigenvalue weighted by molar-refractivity contribution is -0.136. The summed E-state index contributed by atoms with van der Waals surface area (Å²) < 4.78 is 41.7. The van der Waals surface area contributed by atoms with Gasteiger partial charge in [-0.05, 0) is 61.9 Å². The van der Waals surface area contributed by atoms with E-state index in [0.29, 0.717) is 12.3 Å². The minimum Gasteiger partial charge on any atom is -0.494 e. The van der Waals surface area contributed by atoms with Crippen molar-refractivity contribution in [3.63, 3.8) is 0 Å². The summed E-state index contributed by atoms with van der Waals surface area (Å²) in [6, 6.07) is 16.0. The fraction of sp³-hybridized carbons (Fsp3) is 0.429. The largest absolute Gasteiger partial charge is 0.494 e. The van der Waals surface area contributed by atoms with E-state index in [9.17, 15) is 13.2 Å². The molecule has 0 saturated carbocycles. The zero-order valence-electron chi connectivity index (χ0n) is 15.1. The minimum absolute atomic E-state index is 0.0345. The topological polar surface area (TPSA) is 35.2 Å². The first kappa shape index (κ1) is 20.3. The number of rotatable bonds is 9. The Kier molecular flexibility index (Phi) is 7.51. The van der Waals surface area contributed by atoms with Gasteiger partial charge < -0.3 is 10.5 Å². The molecular weight excluding hydrogens is 339 g/mol. The Bertz CT molecular complexity index is 650. The first-order chi connectivity index (χ1) is 12.4. The third-order valence-electron chi connectivity index (χ3n) is 4.41. The molecule has 0 radical (unpaired) electrons. The van der Waals surface area contributed by atoms with Crippen molar-refractivity contribution in [2.45, 2.75) is 44.7 Å². The van der Waals surface area contributed by atoms with Crippen LogP contribution in [-0.2, 0) is 6.42 Å². The zero-order chi connectivity index (χ0) is 19.0. The van der Waals surface area contributed by atoms with Crippen LogP contribution in [0.2, 0.25) is 0 Å². The number of halogens is 3. The molecule has 26 heavy (non-hydrogen) atoms. The van der Waals surface area contributed by atoms with Gasteiger partial charge in [0.25, 0.3) is 0 Å². The van der Waals surface area contributed by atoms with E-state index in [1.165, 1.54) is 11.1 Å². The number of hydrogen-bond acceptors (Lipinski definition) is 2. The van der Waals surface area contributed by atoms with Crippen LogP contribution < -0.4 is 10.5 Å². The van der Waals surface area contributed by atoms with E-state index in [2.05, 4.69) is 31.2 Å². The molecule has 2 aromatic rings. The quantitative estimate of drug-likeness (QED) is 0.605. The molecule has 0 heterocycles. The van der Waals surface area contributed by atoms with Crippen LogP contribution in [0.3, 0.4) is 0 Å². The van der Waals surface area contributed by atoms with Crippen LogP contribution in [0.25, 0.3) is 0 Å². The molecule has 2 N–H and O–H groups in total. The number of benzene rings is 2. The smallest absolute Gasteiger partial charge is 0.389 e. The van der Waals surface area contributed by atoms with Crippen molar-refractivity contribution in [2.24, 2.45) is 5.73 Å². The molecule has 0 aromatic heterocycles. The maximum atomic E-state index is 12.1. The van der Waals surface area contributed by atoms with Gasteiger partial charge in [0.2, 0.25) is 0 Å². The van der Waals surface area contributed by atoms with Gasteiger partial charge in [0.15, 0.2) is 0 Å². The van der Waals surface area contributed by atoms with Gasteiger partial charge in [-0.2, -0.15) is 13.2 Å². The Morgan fingerprint density at radius 3 is 2.23 bits per heavy atom. The van der Waals surface area contributed by atoms with Gasteiger partial charge in [0.1, 0.15) is 5.75 Å². The average Bonchev–Trinajstić information content (AvgIpc) is 2.61. The summed E-state index contributed by atoms with van der Waals surface area (Å²) in [5.74, 6) is 0.834. The average molecular weight is 365 g/mol. The fourth-order valence-electron chi connectivity index (χ4n) is 2.82. The highest BCUT2D eigenvalue weighted by Crippen LogP contribution is 2.24. The highest BCUT2D eigenvalue weighted by Gasteiger charge is 2.26. The van der Waals surface area contributed by atoms with Crippen molar-refractivity contribution in [3.05, 3.63) is 65.2 Å². The number of alkyl halides is 3. The molecule has 0 bridgehead atoms. The Labute approximate surface area is 153 Å². The van der Waals surface area contributed by atoms with E-state index in [0.717, 1.165) is 18.4 Å². The van der Waals surface area contributed by atoms with Crippen LogP contribution in [0, 0.1) is 6.92 Å². The predicted molar refractivity (Wildman–Crippen MR) is 98.5 cm³/mol. The summed E-state index contributed by atoms with van der Waals surface area (Å²) in [5.41, 5.74) is 9.60. The second kappa shape index (κ2) is 9.62. The predicted octanol–water partition coefficient (Wildman–Crippen LogP) is 5.39. The number of ether oxygens (including phenoxy) is 1. The Morgan fingerprint density at radius 2 is 1.65 bits per heavy atom. The molecule has 1 unspecified atom stereocenters. The fourth-order valence-corrected chi connectivity index (χ4v) is 2.82. The van der Waals surface area contributed by atoms with Crippen molar-refractivity contribution < 1.29 is 17.9 Å². The van der Waals surface area contributed by atoms with Crippen LogP contribution in [-0.4, -0.2) is 19.3 Å². The van der Waals surface area contributed by atoms with Crippen molar-refractivity contribution in [1.29, 1.82) is 0 Å². The Hall–Kier alpha value is -2.01. The summed E-state index contributed by atoms with van der Waals surface area (Å²) >= 11 is 0. The standard InChI is InChI=1S/C21H26F3NO/c1-16-3-5-17(6-4-16)7-8-19(15-25)18-9-11-20(12-10-18)26-14-2-13-21(22,23)24/h3-6,9-12,19H,2,7-8,13-15,25H2,1H3. The molecule has 0 spiro atoms. The van der Waals surface area contributed by atoms with Crippen LogP contribution in [0.5, 0.6) is 5.75 Å². The zero-order valence-corrected chi connectivity index (χ0v) is 15.1. The van der Waals surface area contributed by atoms with E-state index >= 15 is 0 Å². The molecule has 2 nitrogen and oxygen atoms in total. The van der Waals surface area contributed by atoms with Crippen LogP contribution in [0.4, 0.5) is 13.2 Å². The maximum absolute atomic E-state index is 12.1. The highest BCUT2D eigenvalue weighted by atomic mass is 19.4. The molecule has 142 valence electrons. The normalized spacial score (nSPS) is 12.8. The molecule has 0 aliphatic heterocycles. The summed E-state index contributed by atoms with van der Waals surface area (Å²) in [6.07, 6.45) is -3.07. The van der Waals surface area contributed by atoms with E-state index in [1.54, 1.807) is 12.1 Å². The Balaban J connectivity index is 1.83. The molecule has 2 rings (SSSR count). The highest BCUT2D eigenvalue weighted by molar-refractivity contribution is 5.30. The minimum atomic E-state index is -4.13. The van der Waals surface area contributed by atoms with Crippen LogP contribution in [0.1, 0.15) is 41.9 Å². The van der Waals surface area contributed by atoms with Crippen molar-refractivity contribution in [1.82, 2.24) is 0 Å². The SMILES string of the molecule is Cc1ccc(CCC(CN)c2ccc(OCCCC(F)(F)F)cc2)cc1.